The molecule has 0 atom stereocenters. The number of rotatable bonds is 5. The van der Waals surface area contributed by atoms with Crippen LogP contribution >= 0.6 is 24.0 Å². The van der Waals surface area contributed by atoms with Gasteiger partial charge in [0.2, 0.25) is 6.79 Å². The summed E-state index contributed by atoms with van der Waals surface area (Å²) < 4.78 is 16.2. The highest BCUT2D eigenvalue weighted by atomic mass is 127. The quantitative estimate of drug-likeness (QED) is 0.338. The van der Waals surface area contributed by atoms with Crippen LogP contribution in [-0.4, -0.2) is 39.0 Å². The van der Waals surface area contributed by atoms with Crippen LogP contribution in [0.1, 0.15) is 13.8 Å². The molecule has 2 rings (SSSR count). The smallest absolute Gasteiger partial charge is 0.231 e. The second-order valence-electron chi connectivity index (χ2n) is 4.66. The molecule has 2 N–H and O–H groups in total. The van der Waals surface area contributed by atoms with Crippen LogP contribution in [0.2, 0.25) is 0 Å². The third kappa shape index (κ3) is 5.49. The van der Waals surface area contributed by atoms with E-state index in [1.807, 2.05) is 18.2 Å². The van der Waals surface area contributed by atoms with Gasteiger partial charge in [0.1, 0.15) is 12.4 Å². The average molecular weight is 407 g/mol. The minimum atomic E-state index is 0. The molecule has 21 heavy (non-hydrogen) atoms. The molecule has 0 fully saturated rings. The van der Waals surface area contributed by atoms with Gasteiger partial charge in [-0.2, -0.15) is 0 Å². The maximum absolute atomic E-state index is 5.65. The van der Waals surface area contributed by atoms with Gasteiger partial charge in [0, 0.05) is 19.2 Å². The molecule has 0 radical (unpaired) electrons. The number of fused-ring (bicyclic) bond motifs is 1. The fourth-order valence-electron chi connectivity index (χ4n) is 1.77. The molecular formula is C14H22IN3O3. The molecule has 1 aromatic rings. The van der Waals surface area contributed by atoms with Crippen LogP contribution in [0.4, 0.5) is 0 Å². The van der Waals surface area contributed by atoms with Gasteiger partial charge in [0.15, 0.2) is 17.5 Å². The van der Waals surface area contributed by atoms with Crippen LogP contribution in [0.5, 0.6) is 17.2 Å². The molecule has 0 spiro atoms. The summed E-state index contributed by atoms with van der Waals surface area (Å²) in [6.45, 7) is 5.61. The van der Waals surface area contributed by atoms with Gasteiger partial charge in [0.25, 0.3) is 0 Å². The van der Waals surface area contributed by atoms with Crippen molar-refractivity contribution in [2.75, 3.05) is 27.0 Å². The lowest BCUT2D eigenvalue weighted by atomic mass is 10.3. The fourth-order valence-corrected chi connectivity index (χ4v) is 1.77. The van der Waals surface area contributed by atoms with E-state index in [0.29, 0.717) is 19.2 Å². The number of guanidine groups is 1. The minimum Gasteiger partial charge on any atom is -0.492 e. The summed E-state index contributed by atoms with van der Waals surface area (Å²) in [5.74, 6) is 3.03. The van der Waals surface area contributed by atoms with E-state index in [9.17, 15) is 0 Å². The number of aliphatic imine (C=N–C) groups is 1. The Morgan fingerprint density at radius 3 is 2.81 bits per heavy atom. The van der Waals surface area contributed by atoms with Crippen molar-refractivity contribution in [3.63, 3.8) is 0 Å². The van der Waals surface area contributed by atoms with Crippen molar-refractivity contribution < 1.29 is 14.2 Å². The summed E-state index contributed by atoms with van der Waals surface area (Å²) in [4.78, 5) is 4.12. The molecule has 0 bridgehead atoms. The SMILES string of the molecule is CN=C(NCCOc1ccc2c(c1)OCO2)NC(C)C.I. The number of benzene rings is 1. The Hall–Kier alpha value is -1.38. The largest absolute Gasteiger partial charge is 0.492 e. The maximum atomic E-state index is 5.65. The molecular weight excluding hydrogens is 385 g/mol. The van der Waals surface area contributed by atoms with E-state index in [-0.39, 0.29) is 30.8 Å². The zero-order valence-electron chi connectivity index (χ0n) is 12.5. The van der Waals surface area contributed by atoms with Gasteiger partial charge in [-0.3, -0.25) is 4.99 Å². The Bertz CT molecular complexity index is 481. The monoisotopic (exact) mass is 407 g/mol. The van der Waals surface area contributed by atoms with Gasteiger partial charge in [-0.25, -0.2) is 0 Å². The highest BCUT2D eigenvalue weighted by Gasteiger charge is 2.13. The summed E-state index contributed by atoms with van der Waals surface area (Å²) in [5.41, 5.74) is 0. The van der Waals surface area contributed by atoms with E-state index in [4.69, 9.17) is 14.2 Å². The molecule has 0 aliphatic carbocycles. The van der Waals surface area contributed by atoms with Crippen molar-refractivity contribution in [1.82, 2.24) is 10.6 Å². The number of hydrogen-bond acceptors (Lipinski definition) is 4. The molecule has 118 valence electrons. The van der Waals surface area contributed by atoms with Crippen LogP contribution in [-0.2, 0) is 0 Å². The molecule has 1 aromatic carbocycles. The zero-order chi connectivity index (χ0) is 14.4. The molecule has 0 saturated heterocycles. The van der Waals surface area contributed by atoms with Gasteiger partial charge >= 0.3 is 0 Å². The Morgan fingerprint density at radius 1 is 1.33 bits per heavy atom. The van der Waals surface area contributed by atoms with Gasteiger partial charge in [0.05, 0.1) is 6.54 Å². The molecule has 6 nitrogen and oxygen atoms in total. The van der Waals surface area contributed by atoms with E-state index in [0.717, 1.165) is 23.2 Å². The summed E-state index contributed by atoms with van der Waals surface area (Å²) in [5, 5.41) is 6.39. The van der Waals surface area contributed by atoms with Crippen LogP contribution in [0.3, 0.4) is 0 Å². The topological polar surface area (TPSA) is 64.1 Å². The second kappa shape index (κ2) is 8.81. The highest BCUT2D eigenvalue weighted by Crippen LogP contribution is 2.34. The van der Waals surface area contributed by atoms with E-state index in [1.165, 1.54) is 0 Å². The molecule has 0 aromatic heterocycles. The third-order valence-corrected chi connectivity index (χ3v) is 2.66. The summed E-state index contributed by atoms with van der Waals surface area (Å²) in [6, 6.07) is 5.90. The molecule has 0 amide bonds. The van der Waals surface area contributed by atoms with Crippen molar-refractivity contribution in [3.05, 3.63) is 18.2 Å². The Labute approximate surface area is 142 Å². The summed E-state index contributed by atoms with van der Waals surface area (Å²) in [7, 11) is 1.75. The summed E-state index contributed by atoms with van der Waals surface area (Å²) >= 11 is 0. The van der Waals surface area contributed by atoms with Crippen LogP contribution in [0.15, 0.2) is 23.2 Å². The van der Waals surface area contributed by atoms with Gasteiger partial charge in [-0.15, -0.1) is 24.0 Å². The molecule has 1 aliphatic heterocycles. The average Bonchev–Trinajstić information content (AvgIpc) is 2.89. The first-order chi connectivity index (χ1) is 9.69. The van der Waals surface area contributed by atoms with Crippen molar-refractivity contribution >= 4 is 29.9 Å². The Balaban J connectivity index is 0.00000220. The molecule has 0 saturated carbocycles. The standard InChI is InChI=1S/C14H21N3O3.HI/c1-10(2)17-14(15-3)16-6-7-18-11-4-5-12-13(8-11)20-9-19-12;/h4-5,8,10H,6-7,9H2,1-3H3,(H2,15,16,17);1H. The minimum absolute atomic E-state index is 0. The Morgan fingerprint density at radius 2 is 2.10 bits per heavy atom. The van der Waals surface area contributed by atoms with E-state index >= 15 is 0 Å². The van der Waals surface area contributed by atoms with E-state index < -0.39 is 0 Å². The van der Waals surface area contributed by atoms with Gasteiger partial charge in [-0.1, -0.05) is 0 Å². The van der Waals surface area contributed by atoms with Crippen LogP contribution in [0, 0.1) is 0 Å². The normalized spacial score (nSPS) is 12.9. The lowest BCUT2D eigenvalue weighted by Gasteiger charge is -2.14. The van der Waals surface area contributed by atoms with Crippen molar-refractivity contribution in [2.24, 2.45) is 4.99 Å². The maximum Gasteiger partial charge on any atom is 0.231 e. The highest BCUT2D eigenvalue weighted by molar-refractivity contribution is 14.0. The zero-order valence-corrected chi connectivity index (χ0v) is 14.8. The predicted molar refractivity (Wildman–Crippen MR) is 93.1 cm³/mol. The van der Waals surface area contributed by atoms with E-state index in [1.54, 1.807) is 7.05 Å². The summed E-state index contributed by atoms with van der Waals surface area (Å²) in [6.07, 6.45) is 0. The van der Waals surface area contributed by atoms with E-state index in [2.05, 4.69) is 29.5 Å². The lowest BCUT2D eigenvalue weighted by Crippen LogP contribution is -2.42. The molecule has 7 heteroatoms. The first kappa shape index (κ1) is 17.7. The number of nitrogens with one attached hydrogen (secondary N) is 2. The number of hydrogen-bond donors (Lipinski definition) is 2. The molecule has 1 aliphatic rings. The predicted octanol–water partition coefficient (Wildman–Crippen LogP) is 1.99. The van der Waals surface area contributed by atoms with Crippen molar-refractivity contribution in [2.45, 2.75) is 19.9 Å². The fraction of sp³-hybridized carbons (Fsp3) is 0.500. The molecule has 0 unspecified atom stereocenters. The number of halogens is 1. The van der Waals surface area contributed by atoms with Crippen molar-refractivity contribution in [1.29, 1.82) is 0 Å². The third-order valence-electron chi connectivity index (χ3n) is 2.66. The lowest BCUT2D eigenvalue weighted by molar-refractivity contribution is 0.173. The number of nitrogens with zero attached hydrogens (tertiary/aromatic N) is 1. The number of ether oxygens (including phenoxy) is 3. The Kier molecular flexibility index (Phi) is 7.41. The molecule has 1 heterocycles. The first-order valence-electron chi connectivity index (χ1n) is 6.68. The van der Waals surface area contributed by atoms with Crippen LogP contribution < -0.4 is 24.8 Å². The van der Waals surface area contributed by atoms with Gasteiger partial charge in [-0.05, 0) is 26.0 Å². The van der Waals surface area contributed by atoms with Crippen LogP contribution in [0.25, 0.3) is 0 Å². The van der Waals surface area contributed by atoms with Crippen molar-refractivity contribution in [3.8, 4) is 17.2 Å². The van der Waals surface area contributed by atoms with Gasteiger partial charge < -0.3 is 24.8 Å². The first-order valence-corrected chi connectivity index (χ1v) is 6.68. The second-order valence-corrected chi connectivity index (χ2v) is 4.66.